The number of nitrogens with zero attached hydrogens (tertiary/aromatic N) is 3. The van der Waals surface area contributed by atoms with E-state index in [9.17, 15) is 9.59 Å². The van der Waals surface area contributed by atoms with Crippen LogP contribution in [-0.2, 0) is 17.8 Å². The first kappa shape index (κ1) is 23.6. The van der Waals surface area contributed by atoms with Crippen molar-refractivity contribution in [3.8, 4) is 17.1 Å². The minimum atomic E-state index is -0.240. The summed E-state index contributed by atoms with van der Waals surface area (Å²) in [4.78, 5) is 33.4. The van der Waals surface area contributed by atoms with Gasteiger partial charge in [0.2, 0.25) is 17.6 Å². The van der Waals surface area contributed by atoms with E-state index < -0.39 is 0 Å². The number of methoxy groups -OCH3 is 1. The average Bonchev–Trinajstić information content (AvgIpc) is 3.37. The topological polar surface area (TPSA) is 119 Å². The van der Waals surface area contributed by atoms with Crippen molar-refractivity contribution in [2.24, 2.45) is 0 Å². The lowest BCUT2D eigenvalue weighted by Gasteiger charge is -2.08. The highest BCUT2D eigenvalue weighted by molar-refractivity contribution is 5.97. The van der Waals surface area contributed by atoms with E-state index in [-0.39, 0.29) is 18.2 Å². The van der Waals surface area contributed by atoms with Gasteiger partial charge in [0, 0.05) is 35.9 Å². The molecule has 35 heavy (non-hydrogen) atoms. The van der Waals surface area contributed by atoms with Gasteiger partial charge in [-0.2, -0.15) is 4.98 Å². The van der Waals surface area contributed by atoms with Gasteiger partial charge in [-0.25, -0.2) is 0 Å². The van der Waals surface area contributed by atoms with Crippen LogP contribution < -0.4 is 15.4 Å². The van der Waals surface area contributed by atoms with Crippen molar-refractivity contribution in [3.05, 3.63) is 90.1 Å². The summed E-state index contributed by atoms with van der Waals surface area (Å²) in [5, 5.41) is 9.65. The van der Waals surface area contributed by atoms with Crippen LogP contribution in [0.25, 0.3) is 11.4 Å². The molecule has 178 valence electrons. The maximum absolute atomic E-state index is 12.4. The number of aryl methyl sites for hydroxylation is 1. The summed E-state index contributed by atoms with van der Waals surface area (Å²) in [6.45, 7) is 0.326. The molecule has 0 saturated carbocycles. The third-order valence-electron chi connectivity index (χ3n) is 5.18. The third-order valence-corrected chi connectivity index (χ3v) is 5.18. The fraction of sp³-hybridized carbons (Fsp3) is 0.192. The molecule has 0 fully saturated rings. The van der Waals surface area contributed by atoms with Gasteiger partial charge >= 0.3 is 0 Å². The lowest BCUT2D eigenvalue weighted by atomic mass is 10.1. The monoisotopic (exact) mass is 471 g/mol. The molecule has 0 bridgehead atoms. The van der Waals surface area contributed by atoms with Gasteiger partial charge in [-0.1, -0.05) is 17.3 Å². The third kappa shape index (κ3) is 6.73. The van der Waals surface area contributed by atoms with Crippen molar-refractivity contribution in [2.45, 2.75) is 25.8 Å². The molecule has 9 nitrogen and oxygen atoms in total. The first-order chi connectivity index (χ1) is 17.1. The second-order valence-corrected chi connectivity index (χ2v) is 7.73. The number of anilines is 1. The van der Waals surface area contributed by atoms with Gasteiger partial charge in [0.05, 0.1) is 19.3 Å². The molecule has 0 unspecified atom stereocenters. The predicted molar refractivity (Wildman–Crippen MR) is 130 cm³/mol. The molecule has 4 aromatic rings. The predicted octanol–water partition coefficient (Wildman–Crippen LogP) is 4.03. The molecule has 2 aromatic heterocycles. The van der Waals surface area contributed by atoms with Crippen molar-refractivity contribution in [1.29, 1.82) is 0 Å². The minimum absolute atomic E-state index is 0.161. The molecular weight excluding hydrogens is 446 g/mol. The van der Waals surface area contributed by atoms with Crippen molar-refractivity contribution in [1.82, 2.24) is 20.4 Å². The Labute approximate surface area is 202 Å². The molecule has 0 atom stereocenters. The molecule has 0 spiro atoms. The van der Waals surface area contributed by atoms with Gasteiger partial charge in [0.15, 0.2) is 0 Å². The summed E-state index contributed by atoms with van der Waals surface area (Å²) in [6.07, 6.45) is 2.97. The van der Waals surface area contributed by atoms with Crippen molar-refractivity contribution < 1.29 is 18.8 Å². The molecular formula is C26H25N5O4. The van der Waals surface area contributed by atoms with Gasteiger partial charge in [-0.05, 0) is 61.0 Å². The summed E-state index contributed by atoms with van der Waals surface area (Å²) in [5.74, 6) is 1.31. The Morgan fingerprint density at radius 1 is 1.03 bits per heavy atom. The second-order valence-electron chi connectivity index (χ2n) is 7.73. The number of amides is 2. The summed E-state index contributed by atoms with van der Waals surface area (Å²) < 4.78 is 10.4. The van der Waals surface area contributed by atoms with Gasteiger partial charge in [-0.15, -0.1) is 0 Å². The Kier molecular flexibility index (Phi) is 7.80. The van der Waals surface area contributed by atoms with E-state index in [0.29, 0.717) is 42.4 Å². The molecule has 0 aliphatic heterocycles. The van der Waals surface area contributed by atoms with Gasteiger partial charge in [0.25, 0.3) is 5.91 Å². The van der Waals surface area contributed by atoms with Gasteiger partial charge in [-0.3, -0.25) is 14.6 Å². The Hall–Kier alpha value is -4.53. The Balaban J connectivity index is 1.24. The summed E-state index contributed by atoms with van der Waals surface area (Å²) in [6, 6.07) is 19.7. The lowest BCUT2D eigenvalue weighted by Crippen LogP contribution is -2.23. The van der Waals surface area contributed by atoms with Crippen LogP contribution in [0.15, 0.2) is 77.4 Å². The molecule has 2 heterocycles. The Bertz CT molecular complexity index is 1270. The molecule has 9 heteroatoms. The van der Waals surface area contributed by atoms with E-state index in [4.69, 9.17) is 9.26 Å². The highest BCUT2D eigenvalue weighted by atomic mass is 16.5. The number of ether oxygens (including phenoxy) is 1. The SMILES string of the molecule is COc1ccc(-c2noc(CCCC(=O)Nc3cccc(C(=O)NCc4ccccn4)c3)n2)cc1. The number of carbonyl (C=O) groups is 2. The molecule has 0 aliphatic rings. The molecule has 4 rings (SSSR count). The van der Waals surface area contributed by atoms with E-state index in [0.717, 1.165) is 17.0 Å². The Morgan fingerprint density at radius 2 is 1.89 bits per heavy atom. The van der Waals surface area contributed by atoms with Crippen molar-refractivity contribution >= 4 is 17.5 Å². The van der Waals surface area contributed by atoms with Crippen LogP contribution in [0.1, 0.15) is 34.8 Å². The number of hydrogen-bond donors (Lipinski definition) is 2. The van der Waals surface area contributed by atoms with Crippen molar-refractivity contribution in [3.63, 3.8) is 0 Å². The van der Waals surface area contributed by atoms with Crippen molar-refractivity contribution in [2.75, 3.05) is 12.4 Å². The van der Waals surface area contributed by atoms with Crippen LogP contribution in [-0.4, -0.2) is 34.0 Å². The Morgan fingerprint density at radius 3 is 2.66 bits per heavy atom. The summed E-state index contributed by atoms with van der Waals surface area (Å²) in [7, 11) is 1.61. The summed E-state index contributed by atoms with van der Waals surface area (Å²) >= 11 is 0. The average molecular weight is 472 g/mol. The van der Waals surface area contributed by atoms with E-state index in [1.807, 2.05) is 42.5 Å². The van der Waals surface area contributed by atoms with Crippen LogP contribution in [0.5, 0.6) is 5.75 Å². The van der Waals surface area contributed by atoms with Crippen LogP contribution >= 0.6 is 0 Å². The van der Waals surface area contributed by atoms with E-state index in [2.05, 4.69) is 25.8 Å². The highest BCUT2D eigenvalue weighted by Gasteiger charge is 2.11. The number of benzene rings is 2. The zero-order chi connectivity index (χ0) is 24.5. The smallest absolute Gasteiger partial charge is 0.251 e. The fourth-order valence-electron chi connectivity index (χ4n) is 3.35. The maximum Gasteiger partial charge on any atom is 0.251 e. The molecule has 0 saturated heterocycles. The van der Waals surface area contributed by atoms with Gasteiger partial charge < -0.3 is 19.9 Å². The van der Waals surface area contributed by atoms with Crippen LogP contribution in [0.3, 0.4) is 0 Å². The fourth-order valence-corrected chi connectivity index (χ4v) is 3.35. The zero-order valence-electron chi connectivity index (χ0n) is 19.2. The van der Waals surface area contributed by atoms with Crippen LogP contribution in [0.2, 0.25) is 0 Å². The number of nitrogens with one attached hydrogen (secondary N) is 2. The van der Waals surface area contributed by atoms with E-state index >= 15 is 0 Å². The normalized spacial score (nSPS) is 10.5. The standard InChI is InChI=1S/C26H25N5O4/c1-34-22-13-11-18(12-14-22)25-30-24(35-31-25)10-5-9-23(32)29-20-8-4-6-19(16-20)26(33)28-17-21-7-2-3-15-27-21/h2-4,6-8,11-16H,5,9-10,17H2,1H3,(H,28,33)(H,29,32). The zero-order valence-corrected chi connectivity index (χ0v) is 19.2. The van der Waals surface area contributed by atoms with E-state index in [1.54, 1.807) is 37.6 Å². The maximum atomic E-state index is 12.4. The second kappa shape index (κ2) is 11.6. The van der Waals surface area contributed by atoms with E-state index in [1.165, 1.54) is 0 Å². The highest BCUT2D eigenvalue weighted by Crippen LogP contribution is 2.20. The lowest BCUT2D eigenvalue weighted by molar-refractivity contribution is -0.116. The first-order valence-corrected chi connectivity index (χ1v) is 11.2. The number of carbonyl (C=O) groups excluding carboxylic acids is 2. The minimum Gasteiger partial charge on any atom is -0.497 e. The number of hydrogen-bond acceptors (Lipinski definition) is 7. The molecule has 0 aliphatic carbocycles. The largest absolute Gasteiger partial charge is 0.497 e. The quantitative estimate of drug-likeness (QED) is 0.358. The summed E-state index contributed by atoms with van der Waals surface area (Å²) in [5.41, 5.74) is 2.60. The molecule has 2 N–H and O–H groups in total. The number of rotatable bonds is 10. The molecule has 2 aromatic carbocycles. The molecule has 2 amide bonds. The van der Waals surface area contributed by atoms with Gasteiger partial charge in [0.1, 0.15) is 5.75 Å². The number of aromatic nitrogens is 3. The molecule has 0 radical (unpaired) electrons. The van der Waals surface area contributed by atoms with Crippen LogP contribution in [0, 0.1) is 0 Å². The number of pyridine rings is 1. The first-order valence-electron chi connectivity index (χ1n) is 11.2. The van der Waals surface area contributed by atoms with Crippen LogP contribution in [0.4, 0.5) is 5.69 Å².